The Hall–Kier alpha value is -7.75. The predicted molar refractivity (Wildman–Crippen MR) is 257 cm³/mol. The van der Waals surface area contributed by atoms with E-state index < -0.39 is 65.5 Å². The van der Waals surface area contributed by atoms with Gasteiger partial charge >= 0.3 is 18.1 Å². The van der Waals surface area contributed by atoms with E-state index in [0.29, 0.717) is 54.4 Å². The number of nitrogens with one attached hydrogen (secondary N) is 2. The normalized spacial score (nSPS) is 22.6. The zero-order valence-corrected chi connectivity index (χ0v) is 38.3. The van der Waals surface area contributed by atoms with Gasteiger partial charge in [-0.3, -0.25) is 19.3 Å². The van der Waals surface area contributed by atoms with Gasteiger partial charge in [-0.1, -0.05) is 84.6 Å². The molecular weight excluding hydrogens is 897 g/mol. The number of aliphatic hydroxyl groups is 1. The van der Waals surface area contributed by atoms with Gasteiger partial charge in [-0.2, -0.15) is 0 Å². The van der Waals surface area contributed by atoms with Crippen LogP contribution in [0.3, 0.4) is 0 Å². The second-order valence-electron chi connectivity index (χ2n) is 17.0. The van der Waals surface area contributed by atoms with Crippen LogP contribution in [0.15, 0.2) is 127 Å². The number of carbonyl (C=O) groups is 5. The van der Waals surface area contributed by atoms with E-state index in [2.05, 4.69) is 27.4 Å². The highest BCUT2D eigenvalue weighted by Crippen LogP contribution is 2.66. The van der Waals surface area contributed by atoms with Gasteiger partial charge in [0, 0.05) is 37.1 Å². The Labute approximate surface area is 404 Å². The molecule has 9 rings (SSSR count). The number of hydrogen-bond donors (Lipinski definition) is 4. The molecule has 17 heteroatoms. The molecule has 6 atom stereocenters. The van der Waals surface area contributed by atoms with Crippen molar-refractivity contribution in [1.29, 1.82) is 0 Å². The van der Waals surface area contributed by atoms with Crippen molar-refractivity contribution in [3.05, 3.63) is 155 Å². The number of nitrogens with zero attached hydrogens (tertiary/aromatic N) is 3. The fourth-order valence-corrected chi connectivity index (χ4v) is 10.2. The van der Waals surface area contributed by atoms with Crippen LogP contribution in [0.25, 0.3) is 0 Å². The molecule has 0 aromatic heterocycles. The first-order valence-corrected chi connectivity index (χ1v) is 23.0. The summed E-state index contributed by atoms with van der Waals surface area (Å²) < 4.78 is 28.8. The lowest BCUT2D eigenvalue weighted by atomic mass is 9.65. The number of benzene rings is 5. The highest BCUT2D eigenvalue weighted by Gasteiger charge is 2.75. The third-order valence-electron chi connectivity index (χ3n) is 13.1. The smallest absolute Gasteiger partial charge is 0.421 e. The number of hydrogen-bond acceptors (Lipinski definition) is 13. The number of urea groups is 1. The standard InChI is InChI=1S/C53H52N6O11/c1-66-31-32-69-52(65)58-42-23-14-34(9-8-24-55-51(54)64)33-41(42)53(50(58)63)43(48(61)56-38-17-19-39(20-18-38)57-25-28-67-29-26-57)45-49(62)70-46(36-12-6-3-7-13-36)44(35-10-4-2-5-11-35)59(45)47(53)37-15-21-40(22-16-37)68-30-27-60/h2-7,10-23,33,43-47,60H,24-32H2,1H3,(H,56,61)(H3,54,55,64)/t43-,44-,45-,46+,47+,53-/m0/s1. The number of carbonyl (C=O) groups excluding carboxylic acids is 5. The lowest BCUT2D eigenvalue weighted by Gasteiger charge is -2.46. The summed E-state index contributed by atoms with van der Waals surface area (Å²) in [6.07, 6.45) is -1.97. The van der Waals surface area contributed by atoms with Crippen molar-refractivity contribution < 1.29 is 52.8 Å². The molecule has 5 N–H and O–H groups in total. The maximum Gasteiger partial charge on any atom is 0.421 e. The first-order chi connectivity index (χ1) is 34.1. The molecule has 0 saturated carbocycles. The Balaban J connectivity index is 1.31. The second kappa shape index (κ2) is 20.9. The van der Waals surface area contributed by atoms with Crippen LogP contribution >= 0.6 is 0 Å². The van der Waals surface area contributed by atoms with E-state index in [4.69, 9.17) is 29.4 Å². The number of morpholine rings is 2. The van der Waals surface area contributed by atoms with Crippen molar-refractivity contribution in [1.82, 2.24) is 10.2 Å². The summed E-state index contributed by atoms with van der Waals surface area (Å²) in [5.74, 6) is 2.44. The fourth-order valence-electron chi connectivity index (χ4n) is 10.2. The van der Waals surface area contributed by atoms with Crippen LogP contribution in [-0.4, -0.2) is 112 Å². The number of rotatable bonds is 13. The number of amides is 5. The molecule has 0 radical (unpaired) electrons. The van der Waals surface area contributed by atoms with E-state index >= 15 is 14.4 Å². The zero-order chi connectivity index (χ0) is 48.8. The minimum atomic E-state index is -2.10. The number of cyclic esters (lactones) is 1. The van der Waals surface area contributed by atoms with Crippen molar-refractivity contribution in [2.45, 2.75) is 29.6 Å². The van der Waals surface area contributed by atoms with Crippen LogP contribution in [0.1, 0.15) is 46.0 Å². The largest absolute Gasteiger partial charge is 0.491 e. The molecule has 4 aliphatic heterocycles. The lowest BCUT2D eigenvalue weighted by molar-refractivity contribution is -0.177. The van der Waals surface area contributed by atoms with E-state index in [-0.39, 0.29) is 44.2 Å². The Morgan fingerprint density at radius 3 is 2.20 bits per heavy atom. The average molecular weight is 949 g/mol. The number of fused-ring (bicyclic) bond motifs is 3. The summed E-state index contributed by atoms with van der Waals surface area (Å²) in [6.45, 7) is 2.06. The number of ether oxygens (including phenoxy) is 5. The number of aliphatic hydroxyl groups excluding tert-OH is 1. The third kappa shape index (κ3) is 9.01. The molecule has 17 nitrogen and oxygen atoms in total. The number of anilines is 3. The van der Waals surface area contributed by atoms with Gasteiger partial charge in [0.2, 0.25) is 11.8 Å². The van der Waals surface area contributed by atoms with Crippen molar-refractivity contribution in [2.75, 3.05) is 81.5 Å². The first-order valence-electron chi connectivity index (χ1n) is 23.0. The Bertz CT molecular complexity index is 2780. The van der Waals surface area contributed by atoms with Crippen molar-refractivity contribution in [2.24, 2.45) is 11.7 Å². The first kappa shape index (κ1) is 47.3. The van der Waals surface area contributed by atoms with Gasteiger partial charge in [0.15, 0.2) is 0 Å². The Morgan fingerprint density at radius 2 is 1.53 bits per heavy atom. The molecule has 4 aliphatic rings. The lowest BCUT2D eigenvalue weighted by Crippen LogP contribution is -2.54. The molecule has 1 spiro atoms. The minimum Gasteiger partial charge on any atom is -0.491 e. The van der Waals surface area contributed by atoms with E-state index in [1.54, 1.807) is 54.6 Å². The predicted octanol–water partition coefficient (Wildman–Crippen LogP) is 5.00. The molecular formula is C53H52N6O11. The van der Waals surface area contributed by atoms with E-state index in [1.165, 1.54) is 7.11 Å². The highest BCUT2D eigenvalue weighted by atomic mass is 16.6. The summed E-state index contributed by atoms with van der Waals surface area (Å²) in [5, 5.41) is 15.1. The second-order valence-corrected chi connectivity index (χ2v) is 17.0. The van der Waals surface area contributed by atoms with E-state index in [1.807, 2.05) is 77.7 Å². The van der Waals surface area contributed by atoms with Crippen LogP contribution in [0.4, 0.5) is 26.7 Å². The van der Waals surface area contributed by atoms with Gasteiger partial charge in [0.1, 0.15) is 36.5 Å². The van der Waals surface area contributed by atoms with E-state index in [9.17, 15) is 14.7 Å². The van der Waals surface area contributed by atoms with Gasteiger partial charge in [0.25, 0.3) is 0 Å². The van der Waals surface area contributed by atoms with Gasteiger partial charge in [-0.25, -0.2) is 14.5 Å². The fraction of sp³-hybridized carbons (Fsp3) is 0.302. The zero-order valence-electron chi connectivity index (χ0n) is 38.3. The number of primary amides is 1. The highest BCUT2D eigenvalue weighted by molar-refractivity contribution is 6.24. The molecule has 0 bridgehead atoms. The third-order valence-corrected chi connectivity index (χ3v) is 13.1. The van der Waals surface area contributed by atoms with Gasteiger partial charge in [-0.15, -0.1) is 0 Å². The SMILES string of the molecule is COCCOC(=O)N1C(=O)[C@@]2(c3cc(C#CCNC(N)=O)ccc31)[C@H](C(=O)Nc1ccc(N3CCOCC3)cc1)[C@H]1C(=O)O[C@H](c3ccccc3)[C@H](c3ccccc3)N1[C@@H]2c1ccc(OCCO)cc1. The van der Waals surface area contributed by atoms with Gasteiger partial charge in [0.05, 0.1) is 56.7 Å². The molecule has 4 heterocycles. The minimum absolute atomic E-state index is 0.0159. The number of nitrogens with two attached hydrogens (primary N) is 1. The molecule has 0 aliphatic carbocycles. The van der Waals surface area contributed by atoms with Gasteiger partial charge < -0.3 is 50.1 Å². The quantitative estimate of drug-likeness (QED) is 0.0697. The molecule has 70 heavy (non-hydrogen) atoms. The molecule has 5 aromatic rings. The Kier molecular flexibility index (Phi) is 14.1. The van der Waals surface area contributed by atoms with Crippen LogP contribution in [0, 0.1) is 17.8 Å². The number of methoxy groups -OCH3 is 1. The van der Waals surface area contributed by atoms with Crippen LogP contribution in [-0.2, 0) is 38.7 Å². The van der Waals surface area contributed by atoms with Gasteiger partial charge in [-0.05, 0) is 76.9 Å². The van der Waals surface area contributed by atoms with Crippen LogP contribution < -0.4 is 30.9 Å². The molecule has 3 saturated heterocycles. The molecule has 5 aromatic carbocycles. The summed E-state index contributed by atoms with van der Waals surface area (Å²) in [5.41, 5.74) is 7.11. The number of imide groups is 1. The topological polar surface area (TPSA) is 212 Å². The number of esters is 1. The maximum absolute atomic E-state index is 16.4. The van der Waals surface area contributed by atoms with Crippen LogP contribution in [0.2, 0.25) is 0 Å². The Morgan fingerprint density at radius 1 is 0.829 bits per heavy atom. The summed E-state index contributed by atoms with van der Waals surface area (Å²) in [6, 6.07) is 33.4. The van der Waals surface area contributed by atoms with E-state index in [0.717, 1.165) is 16.2 Å². The maximum atomic E-state index is 16.4. The average Bonchev–Trinajstić information content (AvgIpc) is 3.84. The monoisotopic (exact) mass is 948 g/mol. The van der Waals surface area contributed by atoms with Crippen molar-refractivity contribution in [3.8, 4) is 17.6 Å². The molecule has 0 unspecified atom stereocenters. The molecule has 3 fully saturated rings. The van der Waals surface area contributed by atoms with Crippen molar-refractivity contribution in [3.63, 3.8) is 0 Å². The van der Waals surface area contributed by atoms with Crippen LogP contribution in [0.5, 0.6) is 5.75 Å². The molecule has 5 amide bonds. The van der Waals surface area contributed by atoms with Crippen molar-refractivity contribution >= 4 is 47.0 Å². The summed E-state index contributed by atoms with van der Waals surface area (Å²) >= 11 is 0. The molecule has 360 valence electrons. The summed E-state index contributed by atoms with van der Waals surface area (Å²) in [7, 11) is 1.45. The summed E-state index contributed by atoms with van der Waals surface area (Å²) in [4.78, 5) is 78.8.